The number of carbonyl (C=O) groups is 1. The first-order valence-electron chi connectivity index (χ1n) is 7.00. The van der Waals surface area contributed by atoms with Crippen molar-refractivity contribution in [2.24, 2.45) is 5.92 Å². The minimum atomic E-state index is -2.64. The van der Waals surface area contributed by atoms with Crippen LogP contribution in [0, 0.1) is 24.3 Å². The van der Waals surface area contributed by atoms with Crippen molar-refractivity contribution in [2.75, 3.05) is 13.2 Å². The molecule has 24 heavy (non-hydrogen) atoms. The molecule has 1 amide bonds. The van der Waals surface area contributed by atoms with Crippen LogP contribution < -0.4 is 4.74 Å². The fourth-order valence-corrected chi connectivity index (χ4v) is 2.53. The fraction of sp³-hybridized carbons (Fsp3) is 0.353. The van der Waals surface area contributed by atoms with E-state index < -0.39 is 13.0 Å². The van der Waals surface area contributed by atoms with Gasteiger partial charge in [0.2, 0.25) is 5.91 Å². The molecule has 1 unspecified atom stereocenters. The number of terminal acetylenes is 1. The van der Waals surface area contributed by atoms with E-state index in [9.17, 15) is 13.6 Å². The molecule has 0 aliphatic carbocycles. The fourth-order valence-electron chi connectivity index (χ4n) is 2.27. The van der Waals surface area contributed by atoms with Gasteiger partial charge in [0.25, 0.3) is 6.43 Å². The topological polar surface area (TPSA) is 29.5 Å². The molecule has 2 rings (SSSR count). The van der Waals surface area contributed by atoms with Gasteiger partial charge < -0.3 is 9.64 Å². The van der Waals surface area contributed by atoms with Gasteiger partial charge in [-0.25, -0.2) is 14.9 Å². The van der Waals surface area contributed by atoms with Gasteiger partial charge in [-0.15, -0.1) is 35.4 Å². The summed E-state index contributed by atoms with van der Waals surface area (Å²) in [5.41, 5.74) is 0.738. The van der Waals surface area contributed by atoms with E-state index in [-0.39, 0.29) is 61.9 Å². The van der Waals surface area contributed by atoms with Crippen LogP contribution in [-0.2, 0) is 37.5 Å². The van der Waals surface area contributed by atoms with Gasteiger partial charge in [0, 0.05) is 38.6 Å². The smallest absolute Gasteiger partial charge is 0.256 e. The molecule has 0 saturated heterocycles. The molecule has 3 nitrogen and oxygen atoms in total. The Morgan fingerprint density at radius 1 is 1.54 bits per heavy atom. The summed E-state index contributed by atoms with van der Waals surface area (Å²) in [5.74, 6) is 2.06. The van der Waals surface area contributed by atoms with Crippen LogP contribution >= 0.6 is 11.6 Å². The van der Waals surface area contributed by atoms with Crippen molar-refractivity contribution in [1.82, 2.24) is 4.90 Å². The van der Waals surface area contributed by atoms with E-state index in [2.05, 4.69) is 12.0 Å². The van der Waals surface area contributed by atoms with Crippen molar-refractivity contribution in [3.05, 3.63) is 34.9 Å². The summed E-state index contributed by atoms with van der Waals surface area (Å²) < 4.78 is 30.9. The molecule has 1 atom stereocenters. The third-order valence-electron chi connectivity index (χ3n) is 3.37. The normalized spacial score (nSPS) is 17.2. The van der Waals surface area contributed by atoms with Gasteiger partial charge in [0.05, 0.1) is 6.54 Å². The zero-order chi connectivity index (χ0) is 17.0. The van der Waals surface area contributed by atoms with Crippen LogP contribution in [0.5, 0.6) is 5.75 Å². The number of hydrogen-bond acceptors (Lipinski definition) is 2. The second-order valence-corrected chi connectivity index (χ2v) is 5.51. The summed E-state index contributed by atoms with van der Waals surface area (Å²) >= 11 is 6.21. The zero-order valence-corrected chi connectivity index (χ0v) is 16.7. The largest absolute Gasteiger partial charge is 0.481 e. The number of benzene rings is 1. The van der Waals surface area contributed by atoms with Crippen molar-refractivity contribution < 1.29 is 51.0 Å². The van der Waals surface area contributed by atoms with Gasteiger partial charge in [-0.1, -0.05) is 19.3 Å². The molecule has 0 fully saturated rings. The average Bonchev–Trinajstić information content (AvgIpc) is 2.50. The van der Waals surface area contributed by atoms with Crippen molar-refractivity contribution >= 4 is 23.2 Å². The Labute approximate surface area is 170 Å². The minimum Gasteiger partial charge on any atom is -0.481 e. The standard InChI is InChI=1S/C17H15ClF2NO2.Y/c1-3-8-23-12-5-6-13(14(18)9-12)15-7-4-11(2)17(22)21(15)10-16(19)20;/h1,5-6,9,11,16H,4,8,10H2,2H3;/q-1;. The van der Waals surface area contributed by atoms with Crippen LogP contribution in [0.15, 0.2) is 18.2 Å². The van der Waals surface area contributed by atoms with Crippen LogP contribution in [-0.4, -0.2) is 30.4 Å². The number of allylic oxidation sites excluding steroid dienone is 1. The number of halogens is 3. The van der Waals surface area contributed by atoms with Crippen LogP contribution in [0.4, 0.5) is 8.78 Å². The molecule has 0 N–H and O–H groups in total. The van der Waals surface area contributed by atoms with Gasteiger partial charge in [0.1, 0.15) is 12.4 Å². The molecular formula is C17H15ClF2NO2Y-. The summed E-state index contributed by atoms with van der Waals surface area (Å²) in [6, 6.07) is 4.76. The van der Waals surface area contributed by atoms with Crippen molar-refractivity contribution in [2.45, 2.75) is 19.8 Å². The van der Waals surface area contributed by atoms with Crippen LogP contribution in [0.2, 0.25) is 5.02 Å². The molecule has 7 heteroatoms. The summed E-state index contributed by atoms with van der Waals surface area (Å²) in [7, 11) is 0. The predicted octanol–water partition coefficient (Wildman–Crippen LogP) is 3.63. The van der Waals surface area contributed by atoms with Crippen LogP contribution in [0.1, 0.15) is 18.9 Å². The van der Waals surface area contributed by atoms with E-state index >= 15 is 0 Å². The Hall–Kier alpha value is -0.956. The third kappa shape index (κ3) is 5.02. The molecule has 1 radical (unpaired) electrons. The van der Waals surface area contributed by atoms with Gasteiger partial charge in [-0.2, -0.15) is 0 Å². The molecule has 0 aromatic heterocycles. The van der Waals surface area contributed by atoms with E-state index in [4.69, 9.17) is 22.8 Å². The van der Waals surface area contributed by atoms with Crippen LogP contribution in [0.25, 0.3) is 5.70 Å². The molecular weight excluding hydrogens is 413 g/mol. The first-order chi connectivity index (χ1) is 10.9. The molecule has 1 aliphatic rings. The molecule has 1 aliphatic heterocycles. The maximum atomic E-state index is 12.8. The summed E-state index contributed by atoms with van der Waals surface area (Å²) in [6.45, 7) is 1.10. The Balaban J connectivity index is 0.00000288. The monoisotopic (exact) mass is 427 g/mol. The quantitative estimate of drug-likeness (QED) is 0.531. The van der Waals surface area contributed by atoms with E-state index in [1.54, 1.807) is 19.1 Å². The first-order valence-corrected chi connectivity index (χ1v) is 7.38. The van der Waals surface area contributed by atoms with E-state index in [0.717, 1.165) is 4.90 Å². The predicted molar refractivity (Wildman–Crippen MR) is 83.9 cm³/mol. The number of nitrogens with zero attached hydrogens (tertiary/aromatic N) is 1. The summed E-state index contributed by atoms with van der Waals surface area (Å²) in [6.07, 6.45) is 5.84. The minimum absolute atomic E-state index is 0. The van der Waals surface area contributed by atoms with Crippen molar-refractivity contribution in [3.8, 4) is 18.1 Å². The number of ether oxygens (including phenoxy) is 1. The second-order valence-electron chi connectivity index (χ2n) is 5.10. The number of hydrogen-bond donors (Lipinski definition) is 0. The van der Waals surface area contributed by atoms with Crippen LogP contribution in [0.3, 0.4) is 0 Å². The number of alkyl halides is 2. The average molecular weight is 428 g/mol. The maximum Gasteiger partial charge on any atom is 0.256 e. The molecule has 1 aromatic rings. The Morgan fingerprint density at radius 3 is 2.83 bits per heavy atom. The molecule has 0 spiro atoms. The van der Waals surface area contributed by atoms with Gasteiger partial charge in [-0.3, -0.25) is 4.79 Å². The van der Waals surface area contributed by atoms with Crippen molar-refractivity contribution in [3.63, 3.8) is 0 Å². The van der Waals surface area contributed by atoms with E-state index in [1.807, 2.05) is 0 Å². The number of carbonyl (C=O) groups excluding carboxylic acids is 1. The zero-order valence-electron chi connectivity index (χ0n) is 13.1. The molecule has 1 aromatic carbocycles. The van der Waals surface area contributed by atoms with Gasteiger partial charge >= 0.3 is 0 Å². The Morgan fingerprint density at radius 2 is 2.25 bits per heavy atom. The molecule has 125 valence electrons. The SMILES string of the molecule is C#CCOc1ccc(C2=[C-]CC(C)C(=O)N2CC(F)F)c(Cl)c1.[Y]. The first kappa shape index (κ1) is 21.1. The Bertz CT molecular complexity index is 673. The summed E-state index contributed by atoms with van der Waals surface area (Å²) in [4.78, 5) is 13.2. The van der Waals surface area contributed by atoms with E-state index in [1.165, 1.54) is 6.07 Å². The van der Waals surface area contributed by atoms with Gasteiger partial charge in [0.15, 0.2) is 0 Å². The maximum absolute atomic E-state index is 12.8. The van der Waals surface area contributed by atoms with Gasteiger partial charge in [-0.05, 0) is 17.2 Å². The molecule has 0 saturated carbocycles. The number of amides is 1. The third-order valence-corrected chi connectivity index (χ3v) is 3.68. The van der Waals surface area contributed by atoms with Crippen molar-refractivity contribution in [1.29, 1.82) is 0 Å². The molecule has 1 heterocycles. The molecule has 0 bridgehead atoms. The summed E-state index contributed by atoms with van der Waals surface area (Å²) in [5, 5.41) is 0.281. The number of rotatable bonds is 5. The Kier molecular flexibility index (Phi) is 8.35. The second kappa shape index (κ2) is 9.51. The van der Waals surface area contributed by atoms with E-state index in [0.29, 0.717) is 17.7 Å².